The molecule has 1 aliphatic rings. The summed E-state index contributed by atoms with van der Waals surface area (Å²) in [7, 11) is 2.09. The summed E-state index contributed by atoms with van der Waals surface area (Å²) in [5, 5.41) is 16.0. The zero-order valence-electron chi connectivity index (χ0n) is 12.4. The van der Waals surface area contributed by atoms with Crippen LogP contribution in [0.15, 0.2) is 28.8 Å². The summed E-state index contributed by atoms with van der Waals surface area (Å²) in [6, 6.07) is 8.18. The van der Waals surface area contributed by atoms with Crippen LogP contribution in [0, 0.1) is 0 Å². The number of nitrogens with one attached hydrogen (secondary N) is 2. The predicted molar refractivity (Wildman–Crippen MR) is 81.4 cm³/mol. The quantitative estimate of drug-likeness (QED) is 0.754. The normalized spacial score (nSPS) is 19.8. The van der Waals surface area contributed by atoms with Crippen molar-refractivity contribution in [2.45, 2.75) is 12.5 Å². The van der Waals surface area contributed by atoms with E-state index in [2.05, 4.69) is 37.6 Å². The van der Waals surface area contributed by atoms with E-state index in [0.717, 1.165) is 42.1 Å². The standard InChI is InChI=1S/C15H18N6O/c1-21-7-6-16-9-13(21)15-17-14(22-20-15)8-12-10-4-2-3-5-11(10)18-19-12/h2-5,13,16H,6-9H2,1H3,(H,18,19). The average molecular weight is 298 g/mol. The lowest BCUT2D eigenvalue weighted by molar-refractivity contribution is 0.190. The highest BCUT2D eigenvalue weighted by atomic mass is 16.5. The minimum Gasteiger partial charge on any atom is -0.339 e. The van der Waals surface area contributed by atoms with Crippen LogP contribution in [0.5, 0.6) is 0 Å². The summed E-state index contributed by atoms with van der Waals surface area (Å²) in [6.07, 6.45) is 0.567. The van der Waals surface area contributed by atoms with Crippen molar-refractivity contribution in [3.8, 4) is 0 Å². The van der Waals surface area contributed by atoms with Gasteiger partial charge in [-0.1, -0.05) is 23.4 Å². The number of hydrogen-bond acceptors (Lipinski definition) is 6. The summed E-state index contributed by atoms with van der Waals surface area (Å²) in [6.45, 7) is 2.83. The van der Waals surface area contributed by atoms with Gasteiger partial charge in [-0.25, -0.2) is 0 Å². The zero-order valence-corrected chi connectivity index (χ0v) is 12.4. The molecule has 2 N–H and O–H groups in total. The Morgan fingerprint density at radius 2 is 2.27 bits per heavy atom. The van der Waals surface area contributed by atoms with Gasteiger partial charge in [-0.3, -0.25) is 10.00 Å². The maximum atomic E-state index is 5.43. The number of aromatic nitrogens is 4. The molecule has 7 nitrogen and oxygen atoms in total. The van der Waals surface area contributed by atoms with Crippen LogP contribution in [0.2, 0.25) is 0 Å². The molecule has 114 valence electrons. The Balaban J connectivity index is 1.57. The van der Waals surface area contributed by atoms with Gasteiger partial charge in [0.2, 0.25) is 5.89 Å². The lowest BCUT2D eigenvalue weighted by Gasteiger charge is -2.30. The van der Waals surface area contributed by atoms with Crippen LogP contribution in [-0.2, 0) is 6.42 Å². The number of benzene rings is 1. The summed E-state index contributed by atoms with van der Waals surface area (Å²) in [4.78, 5) is 6.81. The van der Waals surface area contributed by atoms with Gasteiger partial charge >= 0.3 is 0 Å². The predicted octanol–water partition coefficient (Wildman–Crippen LogP) is 1.11. The first-order chi connectivity index (χ1) is 10.8. The number of fused-ring (bicyclic) bond motifs is 1. The van der Waals surface area contributed by atoms with E-state index in [1.54, 1.807) is 0 Å². The molecule has 7 heteroatoms. The van der Waals surface area contributed by atoms with E-state index in [4.69, 9.17) is 4.52 Å². The molecule has 0 amide bonds. The lowest BCUT2D eigenvalue weighted by atomic mass is 10.1. The van der Waals surface area contributed by atoms with Crippen molar-refractivity contribution in [3.05, 3.63) is 41.7 Å². The van der Waals surface area contributed by atoms with Crippen molar-refractivity contribution in [2.24, 2.45) is 0 Å². The van der Waals surface area contributed by atoms with Gasteiger partial charge in [0.25, 0.3) is 0 Å². The van der Waals surface area contributed by atoms with E-state index >= 15 is 0 Å². The van der Waals surface area contributed by atoms with Crippen molar-refractivity contribution >= 4 is 10.9 Å². The van der Waals surface area contributed by atoms with Crippen molar-refractivity contribution < 1.29 is 4.52 Å². The molecule has 1 atom stereocenters. The molecule has 1 unspecified atom stereocenters. The van der Waals surface area contributed by atoms with Crippen LogP contribution in [0.4, 0.5) is 0 Å². The first-order valence-corrected chi connectivity index (χ1v) is 7.46. The maximum absolute atomic E-state index is 5.43. The second-order valence-electron chi connectivity index (χ2n) is 5.64. The molecule has 1 fully saturated rings. The van der Waals surface area contributed by atoms with E-state index in [0.29, 0.717) is 12.3 Å². The smallest absolute Gasteiger partial charge is 0.232 e. The summed E-state index contributed by atoms with van der Waals surface area (Å²) < 4.78 is 5.43. The van der Waals surface area contributed by atoms with Crippen LogP contribution in [0.1, 0.15) is 23.5 Å². The van der Waals surface area contributed by atoms with Crippen molar-refractivity contribution in [1.29, 1.82) is 0 Å². The van der Waals surface area contributed by atoms with Crippen LogP contribution >= 0.6 is 0 Å². The molecular formula is C15H18N6O. The molecule has 0 spiro atoms. The third kappa shape index (κ3) is 2.38. The van der Waals surface area contributed by atoms with E-state index < -0.39 is 0 Å². The SMILES string of the molecule is CN1CCNCC1c1noc(Cc2[nH]nc3ccccc23)n1. The van der Waals surface area contributed by atoms with Gasteiger partial charge in [-0.15, -0.1) is 0 Å². The molecule has 1 aliphatic heterocycles. The molecule has 3 heterocycles. The van der Waals surface area contributed by atoms with Crippen LogP contribution in [0.3, 0.4) is 0 Å². The molecule has 0 radical (unpaired) electrons. The molecular weight excluding hydrogens is 280 g/mol. The fraction of sp³-hybridized carbons (Fsp3) is 0.400. The van der Waals surface area contributed by atoms with Gasteiger partial charge in [0.05, 0.1) is 23.7 Å². The Hall–Kier alpha value is -2.25. The molecule has 4 rings (SSSR count). The number of aromatic amines is 1. The van der Waals surface area contributed by atoms with Crippen LogP contribution in [0.25, 0.3) is 10.9 Å². The summed E-state index contributed by atoms with van der Waals surface area (Å²) in [5.41, 5.74) is 1.95. The number of rotatable bonds is 3. The van der Waals surface area contributed by atoms with Gasteiger partial charge in [-0.2, -0.15) is 10.1 Å². The van der Waals surface area contributed by atoms with E-state index in [1.807, 2.05) is 24.3 Å². The molecule has 3 aromatic rings. The lowest BCUT2D eigenvalue weighted by Crippen LogP contribution is -2.44. The van der Waals surface area contributed by atoms with E-state index in [-0.39, 0.29) is 6.04 Å². The molecule has 1 saturated heterocycles. The number of nitrogens with zero attached hydrogens (tertiary/aromatic N) is 4. The van der Waals surface area contributed by atoms with Gasteiger partial charge in [-0.05, 0) is 13.1 Å². The third-order valence-electron chi connectivity index (χ3n) is 4.16. The molecule has 0 saturated carbocycles. The van der Waals surface area contributed by atoms with Crippen molar-refractivity contribution in [1.82, 2.24) is 30.6 Å². The van der Waals surface area contributed by atoms with Gasteiger partial charge in [0.15, 0.2) is 5.82 Å². The van der Waals surface area contributed by atoms with Gasteiger partial charge < -0.3 is 9.84 Å². The highest BCUT2D eigenvalue weighted by molar-refractivity contribution is 5.81. The number of likely N-dealkylation sites (N-methyl/N-ethyl adjacent to an activating group) is 1. The topological polar surface area (TPSA) is 82.9 Å². The minimum atomic E-state index is 0.171. The Morgan fingerprint density at radius 1 is 1.36 bits per heavy atom. The maximum Gasteiger partial charge on any atom is 0.232 e. The average Bonchev–Trinajstić information content (AvgIpc) is 3.16. The largest absolute Gasteiger partial charge is 0.339 e. The monoisotopic (exact) mass is 298 g/mol. The second kappa shape index (κ2) is 5.51. The molecule has 2 aromatic heterocycles. The Bertz CT molecular complexity index is 779. The third-order valence-corrected chi connectivity index (χ3v) is 4.16. The van der Waals surface area contributed by atoms with Crippen LogP contribution < -0.4 is 5.32 Å². The van der Waals surface area contributed by atoms with Crippen LogP contribution in [-0.4, -0.2) is 51.9 Å². The number of H-pyrrole nitrogens is 1. The highest BCUT2D eigenvalue weighted by Crippen LogP contribution is 2.20. The zero-order chi connectivity index (χ0) is 14.9. The Labute approximate surface area is 127 Å². The highest BCUT2D eigenvalue weighted by Gasteiger charge is 2.25. The molecule has 0 aliphatic carbocycles. The number of para-hydroxylation sites is 1. The van der Waals surface area contributed by atoms with Crippen molar-refractivity contribution in [2.75, 3.05) is 26.7 Å². The summed E-state index contributed by atoms with van der Waals surface area (Å²) >= 11 is 0. The molecule has 22 heavy (non-hydrogen) atoms. The second-order valence-corrected chi connectivity index (χ2v) is 5.64. The van der Waals surface area contributed by atoms with Gasteiger partial charge in [0.1, 0.15) is 0 Å². The first-order valence-electron chi connectivity index (χ1n) is 7.46. The molecule has 1 aromatic carbocycles. The fourth-order valence-electron chi connectivity index (χ4n) is 2.87. The number of piperazine rings is 1. The number of hydrogen-bond donors (Lipinski definition) is 2. The summed E-state index contributed by atoms with van der Waals surface area (Å²) in [5.74, 6) is 1.36. The molecule has 0 bridgehead atoms. The van der Waals surface area contributed by atoms with Crippen molar-refractivity contribution in [3.63, 3.8) is 0 Å². The fourth-order valence-corrected chi connectivity index (χ4v) is 2.87. The van der Waals surface area contributed by atoms with Gasteiger partial charge in [0, 0.05) is 25.0 Å². The Kier molecular flexibility index (Phi) is 3.36. The first kappa shape index (κ1) is 13.4. The Morgan fingerprint density at radius 3 is 3.18 bits per heavy atom. The minimum absolute atomic E-state index is 0.171. The van der Waals surface area contributed by atoms with E-state index in [9.17, 15) is 0 Å². The van der Waals surface area contributed by atoms with E-state index in [1.165, 1.54) is 0 Å².